The Balaban J connectivity index is 1.45. The molecule has 4 rings (SSSR count). The van der Waals surface area contributed by atoms with Crippen LogP contribution in [0.25, 0.3) is 11.1 Å². The van der Waals surface area contributed by atoms with Crippen molar-refractivity contribution in [1.29, 1.82) is 5.41 Å². The quantitative estimate of drug-likeness (QED) is 0.452. The number of anilines is 1. The summed E-state index contributed by atoms with van der Waals surface area (Å²) in [6, 6.07) is 10.1. The van der Waals surface area contributed by atoms with Gasteiger partial charge in [-0.05, 0) is 43.0 Å². The largest absolute Gasteiger partial charge is 0.481 e. The van der Waals surface area contributed by atoms with E-state index >= 15 is 0 Å². The molecule has 1 amide bonds. The van der Waals surface area contributed by atoms with Crippen LogP contribution in [-0.4, -0.2) is 28.7 Å². The van der Waals surface area contributed by atoms with Gasteiger partial charge in [-0.1, -0.05) is 24.3 Å². The Morgan fingerprint density at radius 1 is 1.12 bits per heavy atom. The first-order valence-corrected chi connectivity index (χ1v) is 10.7. The van der Waals surface area contributed by atoms with Crippen LogP contribution in [0.1, 0.15) is 35.2 Å². The van der Waals surface area contributed by atoms with Crippen LogP contribution >= 0.6 is 0 Å². The number of ether oxygens (including phenoxy) is 1. The Hall–Kier alpha value is -3.75. The molecule has 1 fully saturated rings. The summed E-state index contributed by atoms with van der Waals surface area (Å²) in [4.78, 5) is 20.5. The van der Waals surface area contributed by atoms with E-state index in [9.17, 15) is 18.0 Å². The van der Waals surface area contributed by atoms with Gasteiger partial charge in [0.2, 0.25) is 11.8 Å². The maximum atomic E-state index is 13.2. The first kappa shape index (κ1) is 23.4. The molecule has 1 aromatic carbocycles. The van der Waals surface area contributed by atoms with Gasteiger partial charge in [0.15, 0.2) is 0 Å². The molecule has 6 nitrogen and oxygen atoms in total. The van der Waals surface area contributed by atoms with Crippen molar-refractivity contribution < 1.29 is 22.7 Å². The molecular weight excluding hydrogens is 445 g/mol. The summed E-state index contributed by atoms with van der Waals surface area (Å²) >= 11 is 0. The SMILES string of the molecule is COc1ncc(NC(=O)Cc2ccc(-c3cnc(C)c(C(=N)C4CC4)c3)cc2)cc1C(F)(F)F. The van der Waals surface area contributed by atoms with Gasteiger partial charge >= 0.3 is 6.18 Å². The number of nitrogens with zero attached hydrogens (tertiary/aromatic N) is 2. The molecule has 0 aliphatic heterocycles. The van der Waals surface area contributed by atoms with Crippen molar-refractivity contribution in [1.82, 2.24) is 9.97 Å². The minimum absolute atomic E-state index is 0.0165. The number of hydrogen-bond acceptors (Lipinski definition) is 5. The van der Waals surface area contributed by atoms with E-state index in [1.165, 1.54) is 0 Å². The number of methoxy groups -OCH3 is 1. The van der Waals surface area contributed by atoms with Gasteiger partial charge < -0.3 is 15.5 Å². The lowest BCUT2D eigenvalue weighted by atomic mass is 9.98. The van der Waals surface area contributed by atoms with Crippen molar-refractivity contribution in [2.45, 2.75) is 32.4 Å². The first-order valence-electron chi connectivity index (χ1n) is 10.7. The summed E-state index contributed by atoms with van der Waals surface area (Å²) in [7, 11) is 1.10. The van der Waals surface area contributed by atoms with Crippen molar-refractivity contribution in [3.05, 3.63) is 71.2 Å². The number of carbonyl (C=O) groups excluding carboxylic acids is 1. The molecule has 9 heteroatoms. The first-order chi connectivity index (χ1) is 16.2. The highest BCUT2D eigenvalue weighted by molar-refractivity contribution is 6.03. The Morgan fingerprint density at radius 2 is 1.82 bits per heavy atom. The summed E-state index contributed by atoms with van der Waals surface area (Å²) in [6.07, 6.45) is 0.298. The van der Waals surface area contributed by atoms with E-state index in [1.54, 1.807) is 18.3 Å². The third-order valence-electron chi connectivity index (χ3n) is 5.65. The monoisotopic (exact) mass is 468 g/mol. The average molecular weight is 468 g/mol. The second-order valence-electron chi connectivity index (χ2n) is 8.25. The number of aromatic nitrogens is 2. The molecule has 0 saturated heterocycles. The summed E-state index contributed by atoms with van der Waals surface area (Å²) < 4.78 is 44.1. The molecule has 176 valence electrons. The van der Waals surface area contributed by atoms with Crippen molar-refractivity contribution in [3.63, 3.8) is 0 Å². The van der Waals surface area contributed by atoms with Gasteiger partial charge in [0, 0.05) is 34.6 Å². The topological polar surface area (TPSA) is 88.0 Å². The predicted octanol–water partition coefficient (Wildman–Crippen LogP) is 5.44. The number of carbonyl (C=O) groups is 1. The lowest BCUT2D eigenvalue weighted by molar-refractivity contribution is -0.139. The second kappa shape index (κ2) is 9.24. The molecule has 1 saturated carbocycles. The fourth-order valence-corrected chi connectivity index (χ4v) is 3.65. The fraction of sp³-hybridized carbons (Fsp3) is 0.280. The fourth-order valence-electron chi connectivity index (χ4n) is 3.65. The second-order valence-corrected chi connectivity index (χ2v) is 8.25. The molecule has 0 bridgehead atoms. The molecule has 1 aliphatic rings. The van der Waals surface area contributed by atoms with Crippen LogP contribution in [0, 0.1) is 18.3 Å². The third kappa shape index (κ3) is 5.24. The number of benzene rings is 1. The normalized spacial score (nSPS) is 13.4. The van der Waals surface area contributed by atoms with E-state index in [2.05, 4.69) is 20.0 Å². The van der Waals surface area contributed by atoms with Crippen LogP contribution in [0.5, 0.6) is 5.88 Å². The van der Waals surface area contributed by atoms with Crippen LogP contribution in [0.2, 0.25) is 0 Å². The van der Waals surface area contributed by atoms with E-state index < -0.39 is 23.5 Å². The Bertz CT molecular complexity index is 1240. The maximum Gasteiger partial charge on any atom is 0.421 e. The van der Waals surface area contributed by atoms with Gasteiger partial charge in [-0.3, -0.25) is 9.78 Å². The molecule has 2 N–H and O–H groups in total. The lowest BCUT2D eigenvalue weighted by Crippen LogP contribution is -2.16. The molecule has 3 aromatic rings. The van der Waals surface area contributed by atoms with E-state index in [4.69, 9.17) is 5.41 Å². The van der Waals surface area contributed by atoms with Gasteiger partial charge in [0.25, 0.3) is 0 Å². The molecule has 2 heterocycles. The van der Waals surface area contributed by atoms with Crippen LogP contribution in [-0.2, 0) is 17.4 Å². The van der Waals surface area contributed by atoms with Gasteiger partial charge in [0.05, 0.1) is 25.4 Å². The molecule has 1 aliphatic carbocycles. The highest BCUT2D eigenvalue weighted by Crippen LogP contribution is 2.36. The van der Waals surface area contributed by atoms with Crippen LogP contribution in [0.15, 0.2) is 48.8 Å². The number of hydrogen-bond donors (Lipinski definition) is 2. The van der Waals surface area contributed by atoms with Crippen LogP contribution in [0.4, 0.5) is 18.9 Å². The zero-order valence-electron chi connectivity index (χ0n) is 18.7. The van der Waals surface area contributed by atoms with Crippen LogP contribution < -0.4 is 10.1 Å². The summed E-state index contributed by atoms with van der Waals surface area (Å²) in [5, 5.41) is 10.8. The van der Waals surface area contributed by atoms with E-state index in [0.717, 1.165) is 54.6 Å². The number of pyridine rings is 2. The number of halogens is 3. The molecule has 0 atom stereocenters. The average Bonchev–Trinajstić information content (AvgIpc) is 3.64. The van der Waals surface area contributed by atoms with Crippen molar-refractivity contribution in [2.24, 2.45) is 5.92 Å². The molecular formula is C25H23F3N4O2. The lowest BCUT2D eigenvalue weighted by Gasteiger charge is -2.13. The van der Waals surface area contributed by atoms with E-state index in [-0.39, 0.29) is 12.1 Å². The van der Waals surface area contributed by atoms with Gasteiger partial charge in [-0.2, -0.15) is 13.2 Å². The van der Waals surface area contributed by atoms with Gasteiger partial charge in [-0.25, -0.2) is 4.98 Å². The van der Waals surface area contributed by atoms with Crippen molar-refractivity contribution in [2.75, 3.05) is 12.4 Å². The summed E-state index contributed by atoms with van der Waals surface area (Å²) in [6.45, 7) is 1.90. The van der Waals surface area contributed by atoms with Crippen molar-refractivity contribution >= 4 is 17.3 Å². The predicted molar refractivity (Wildman–Crippen MR) is 122 cm³/mol. The minimum atomic E-state index is -4.66. The molecule has 34 heavy (non-hydrogen) atoms. The number of amides is 1. The zero-order valence-corrected chi connectivity index (χ0v) is 18.7. The molecule has 0 spiro atoms. The standard InChI is InChI=1S/C25H23F3N4O2/c1-14-20(23(29)17-7-8-17)10-18(12-30-14)16-5-3-15(4-6-16)9-22(33)32-19-11-21(25(26,27)28)24(34-2)31-13-19/h3-6,10-13,17,29H,7-9H2,1-2H3,(H,32,33). The highest BCUT2D eigenvalue weighted by atomic mass is 19.4. The third-order valence-corrected chi connectivity index (χ3v) is 5.65. The van der Waals surface area contributed by atoms with Crippen LogP contribution in [0.3, 0.4) is 0 Å². The zero-order chi connectivity index (χ0) is 24.5. The Kier molecular flexibility index (Phi) is 6.37. The molecule has 0 radical (unpaired) electrons. The Labute approximate surface area is 194 Å². The number of alkyl halides is 3. The summed E-state index contributed by atoms with van der Waals surface area (Å²) in [5.74, 6) is -0.697. The Morgan fingerprint density at radius 3 is 2.44 bits per heavy atom. The van der Waals surface area contributed by atoms with Crippen molar-refractivity contribution in [3.8, 4) is 17.0 Å². The smallest absolute Gasteiger partial charge is 0.421 e. The van der Waals surface area contributed by atoms with E-state index in [1.807, 2.05) is 25.1 Å². The number of aryl methyl sites for hydroxylation is 1. The van der Waals surface area contributed by atoms with E-state index in [0.29, 0.717) is 17.2 Å². The maximum absolute atomic E-state index is 13.2. The van der Waals surface area contributed by atoms with Gasteiger partial charge in [-0.15, -0.1) is 0 Å². The number of nitrogens with one attached hydrogen (secondary N) is 2. The summed E-state index contributed by atoms with van der Waals surface area (Å²) in [5.41, 5.74) is 3.67. The number of rotatable bonds is 7. The minimum Gasteiger partial charge on any atom is -0.481 e. The molecule has 0 unspecified atom stereocenters. The highest BCUT2D eigenvalue weighted by Gasteiger charge is 2.35. The molecule has 2 aromatic heterocycles. The van der Waals surface area contributed by atoms with Gasteiger partial charge in [0.1, 0.15) is 5.56 Å².